The molecule has 0 amide bonds. The Kier molecular flexibility index (Phi) is 5.49. The van der Waals surface area contributed by atoms with Crippen molar-refractivity contribution in [1.29, 1.82) is 0 Å². The van der Waals surface area contributed by atoms with Gasteiger partial charge in [-0.15, -0.1) is 0 Å². The molecule has 0 aliphatic carbocycles. The molecule has 1 N–H and O–H groups in total. The molecule has 1 aromatic rings. The van der Waals surface area contributed by atoms with Crippen molar-refractivity contribution in [2.75, 3.05) is 13.2 Å². The molecule has 1 fully saturated rings. The Labute approximate surface area is 112 Å². The average molecular weight is 298 g/mol. The summed E-state index contributed by atoms with van der Waals surface area (Å²) in [4.78, 5) is 0. The number of hydrogen-bond donors (Lipinski definition) is 1. The molecule has 1 saturated heterocycles. The molecule has 0 unspecified atom stereocenters. The molecular formula is C14H20BrNO. The number of ether oxygens (including phenoxy) is 1. The Bertz CT molecular complexity index is 337. The minimum absolute atomic E-state index is 0.672. The van der Waals surface area contributed by atoms with Crippen molar-refractivity contribution in [3.8, 4) is 0 Å². The van der Waals surface area contributed by atoms with E-state index < -0.39 is 0 Å². The Morgan fingerprint density at radius 1 is 1.35 bits per heavy atom. The fraction of sp³-hybridized carbons (Fsp3) is 0.571. The third-order valence-corrected chi connectivity index (χ3v) is 3.67. The van der Waals surface area contributed by atoms with E-state index in [1.807, 2.05) is 12.1 Å². The van der Waals surface area contributed by atoms with Crippen LogP contribution in [-0.4, -0.2) is 19.2 Å². The number of nitrogens with one attached hydrogen (secondary N) is 1. The molecule has 0 bridgehead atoms. The average Bonchev–Trinajstić information content (AvgIpc) is 2.36. The zero-order valence-corrected chi connectivity index (χ0v) is 11.7. The molecule has 94 valence electrons. The second-order valence-corrected chi connectivity index (χ2v) is 5.53. The van der Waals surface area contributed by atoms with Gasteiger partial charge in [-0.2, -0.15) is 0 Å². The van der Waals surface area contributed by atoms with Gasteiger partial charge in [0.2, 0.25) is 0 Å². The summed E-state index contributed by atoms with van der Waals surface area (Å²) in [5.41, 5.74) is 1.23. The highest BCUT2D eigenvalue weighted by atomic mass is 79.9. The lowest BCUT2D eigenvalue weighted by Crippen LogP contribution is -2.34. The van der Waals surface area contributed by atoms with Gasteiger partial charge < -0.3 is 10.1 Å². The number of hydrogen-bond acceptors (Lipinski definition) is 2. The third kappa shape index (κ3) is 4.78. The van der Waals surface area contributed by atoms with E-state index in [-0.39, 0.29) is 0 Å². The van der Waals surface area contributed by atoms with Gasteiger partial charge in [-0.05, 0) is 43.5 Å². The van der Waals surface area contributed by atoms with E-state index in [0.717, 1.165) is 17.5 Å². The van der Waals surface area contributed by atoms with E-state index in [1.165, 1.54) is 31.4 Å². The van der Waals surface area contributed by atoms with Crippen LogP contribution in [0.1, 0.15) is 31.2 Å². The maximum Gasteiger partial charge on any atom is 0.0717 e. The highest BCUT2D eigenvalue weighted by molar-refractivity contribution is 9.10. The zero-order chi connectivity index (χ0) is 11.9. The molecule has 3 heteroatoms. The molecule has 0 aromatic heterocycles. The molecule has 1 aromatic carbocycles. The Morgan fingerprint density at radius 2 is 2.29 bits per heavy atom. The predicted molar refractivity (Wildman–Crippen MR) is 74.1 cm³/mol. The maximum atomic E-state index is 5.72. The lowest BCUT2D eigenvalue weighted by atomic mass is 10.0. The lowest BCUT2D eigenvalue weighted by Gasteiger charge is -2.23. The van der Waals surface area contributed by atoms with Crippen molar-refractivity contribution in [2.45, 2.75) is 38.3 Å². The van der Waals surface area contributed by atoms with Crippen LogP contribution < -0.4 is 5.32 Å². The summed E-state index contributed by atoms with van der Waals surface area (Å²) in [6.07, 6.45) is 5.13. The second-order valence-electron chi connectivity index (χ2n) is 4.62. The molecule has 0 radical (unpaired) electrons. The molecule has 1 aliphatic heterocycles. The van der Waals surface area contributed by atoms with E-state index in [4.69, 9.17) is 4.74 Å². The number of benzene rings is 1. The van der Waals surface area contributed by atoms with Gasteiger partial charge in [-0.3, -0.25) is 0 Å². The van der Waals surface area contributed by atoms with E-state index in [0.29, 0.717) is 12.6 Å². The topological polar surface area (TPSA) is 21.3 Å². The normalized spacial score (nSPS) is 20.4. The minimum atomic E-state index is 0.672. The van der Waals surface area contributed by atoms with Crippen molar-refractivity contribution in [3.05, 3.63) is 34.3 Å². The summed E-state index contributed by atoms with van der Waals surface area (Å²) in [5.74, 6) is 0. The molecule has 2 rings (SSSR count). The van der Waals surface area contributed by atoms with Crippen LogP contribution in [0, 0.1) is 0 Å². The zero-order valence-electron chi connectivity index (χ0n) is 10.1. The fourth-order valence-corrected chi connectivity index (χ4v) is 2.66. The van der Waals surface area contributed by atoms with Crippen molar-refractivity contribution >= 4 is 15.9 Å². The van der Waals surface area contributed by atoms with Crippen molar-refractivity contribution in [3.63, 3.8) is 0 Å². The molecule has 1 heterocycles. The molecule has 1 atom stereocenters. The van der Waals surface area contributed by atoms with Crippen molar-refractivity contribution in [1.82, 2.24) is 5.32 Å². The fourth-order valence-electron chi connectivity index (χ4n) is 2.21. The van der Waals surface area contributed by atoms with Gasteiger partial charge in [0.05, 0.1) is 6.61 Å². The number of halogens is 1. The van der Waals surface area contributed by atoms with E-state index in [2.05, 4.69) is 33.4 Å². The lowest BCUT2D eigenvalue weighted by molar-refractivity contribution is 0.108. The van der Waals surface area contributed by atoms with Crippen LogP contribution in [0.15, 0.2) is 28.7 Å². The summed E-state index contributed by atoms with van der Waals surface area (Å²) in [6, 6.07) is 8.97. The van der Waals surface area contributed by atoms with Crippen LogP contribution in [0.5, 0.6) is 0 Å². The molecule has 0 saturated carbocycles. The van der Waals surface area contributed by atoms with Crippen LogP contribution in [0.4, 0.5) is 0 Å². The maximum absolute atomic E-state index is 5.72. The van der Waals surface area contributed by atoms with Crippen LogP contribution in [0.2, 0.25) is 0 Å². The predicted octanol–water partition coefficient (Wildman–Crippen LogP) is 3.50. The summed E-state index contributed by atoms with van der Waals surface area (Å²) in [5, 5.41) is 3.54. The summed E-state index contributed by atoms with van der Waals surface area (Å²) >= 11 is 3.47. The smallest absolute Gasteiger partial charge is 0.0717 e. The Morgan fingerprint density at radius 3 is 3.06 bits per heavy atom. The standard InChI is InChI=1S/C14H20BrNO/c15-13-5-3-4-12(10-13)11-17-9-7-14-6-1-2-8-16-14/h3-5,10,14,16H,1-2,6-9,11H2/t14-/m1/s1. The molecule has 1 aliphatic rings. The number of piperidine rings is 1. The van der Waals surface area contributed by atoms with Crippen LogP contribution >= 0.6 is 15.9 Å². The molecule has 17 heavy (non-hydrogen) atoms. The van der Waals surface area contributed by atoms with Gasteiger partial charge in [-0.25, -0.2) is 0 Å². The summed E-state index contributed by atoms with van der Waals surface area (Å²) in [7, 11) is 0. The first kappa shape index (κ1) is 13.1. The highest BCUT2D eigenvalue weighted by Gasteiger charge is 2.11. The van der Waals surface area contributed by atoms with Crippen LogP contribution in [0.3, 0.4) is 0 Å². The monoisotopic (exact) mass is 297 g/mol. The molecular weight excluding hydrogens is 278 g/mol. The van der Waals surface area contributed by atoms with E-state index >= 15 is 0 Å². The Balaban J connectivity index is 1.62. The highest BCUT2D eigenvalue weighted by Crippen LogP contribution is 2.13. The molecule has 2 nitrogen and oxygen atoms in total. The second kappa shape index (κ2) is 7.14. The SMILES string of the molecule is Brc1cccc(COCC[C@H]2CCCCN2)c1. The molecule has 0 spiro atoms. The van der Waals surface area contributed by atoms with Crippen LogP contribution in [0.25, 0.3) is 0 Å². The summed E-state index contributed by atoms with van der Waals surface area (Å²) in [6.45, 7) is 2.74. The quantitative estimate of drug-likeness (QED) is 0.840. The third-order valence-electron chi connectivity index (χ3n) is 3.18. The largest absolute Gasteiger partial charge is 0.377 e. The first-order valence-corrected chi connectivity index (χ1v) is 7.19. The minimum Gasteiger partial charge on any atom is -0.377 e. The summed E-state index contributed by atoms with van der Waals surface area (Å²) < 4.78 is 6.83. The van der Waals surface area contributed by atoms with Crippen molar-refractivity contribution in [2.24, 2.45) is 0 Å². The van der Waals surface area contributed by atoms with Gasteiger partial charge in [0.1, 0.15) is 0 Å². The van der Waals surface area contributed by atoms with Crippen LogP contribution in [-0.2, 0) is 11.3 Å². The number of rotatable bonds is 5. The van der Waals surface area contributed by atoms with Crippen molar-refractivity contribution < 1.29 is 4.74 Å². The first-order valence-electron chi connectivity index (χ1n) is 6.40. The van der Waals surface area contributed by atoms with E-state index in [1.54, 1.807) is 0 Å². The van der Waals surface area contributed by atoms with Gasteiger partial charge in [0.15, 0.2) is 0 Å². The van der Waals surface area contributed by atoms with Gasteiger partial charge in [0.25, 0.3) is 0 Å². The van der Waals surface area contributed by atoms with E-state index in [9.17, 15) is 0 Å². The van der Waals surface area contributed by atoms with Gasteiger partial charge in [-0.1, -0.05) is 34.5 Å². The van der Waals surface area contributed by atoms with Gasteiger partial charge >= 0.3 is 0 Å². The first-order chi connectivity index (χ1) is 8.34. The Hall–Kier alpha value is -0.380. The van der Waals surface area contributed by atoms with Gasteiger partial charge in [0, 0.05) is 17.1 Å².